The molecule has 0 saturated heterocycles. The van der Waals surface area contributed by atoms with Crippen LogP contribution in [0.15, 0.2) is 18.2 Å². The van der Waals surface area contributed by atoms with Crippen molar-refractivity contribution in [3.63, 3.8) is 0 Å². The van der Waals surface area contributed by atoms with Gasteiger partial charge in [-0.05, 0) is 36.6 Å². The fourth-order valence-electron chi connectivity index (χ4n) is 1.59. The Morgan fingerprint density at radius 1 is 1.31 bits per heavy atom. The highest BCUT2D eigenvalue weighted by atomic mass is 16.5. The topological polar surface area (TPSA) is 30.5 Å². The van der Waals surface area contributed by atoms with E-state index in [1.54, 1.807) is 14.2 Å². The van der Waals surface area contributed by atoms with Gasteiger partial charge in [-0.2, -0.15) is 0 Å². The van der Waals surface area contributed by atoms with Crippen LogP contribution < -0.4 is 10.1 Å². The van der Waals surface area contributed by atoms with Crippen LogP contribution in [0, 0.1) is 12.8 Å². The van der Waals surface area contributed by atoms with Crippen LogP contribution in [0.4, 0.5) is 5.69 Å². The smallest absolute Gasteiger partial charge is 0.119 e. The second kappa shape index (κ2) is 6.38. The molecule has 90 valence electrons. The molecular weight excluding hydrogens is 202 g/mol. The van der Waals surface area contributed by atoms with E-state index in [-0.39, 0.29) is 0 Å². The molecule has 0 saturated carbocycles. The van der Waals surface area contributed by atoms with Crippen molar-refractivity contribution in [2.24, 2.45) is 5.92 Å². The predicted octanol–water partition coefficient (Wildman–Crippen LogP) is 2.70. The van der Waals surface area contributed by atoms with Gasteiger partial charge in [-0.1, -0.05) is 6.92 Å². The van der Waals surface area contributed by atoms with Gasteiger partial charge in [-0.3, -0.25) is 0 Å². The summed E-state index contributed by atoms with van der Waals surface area (Å²) in [6, 6.07) is 6.05. The number of hydrogen-bond donors (Lipinski definition) is 1. The zero-order valence-electron chi connectivity index (χ0n) is 10.5. The molecule has 1 N–H and O–H groups in total. The van der Waals surface area contributed by atoms with Crippen LogP contribution >= 0.6 is 0 Å². The molecule has 0 aliphatic heterocycles. The maximum absolute atomic E-state index is 5.17. The molecule has 0 aliphatic carbocycles. The first-order valence-electron chi connectivity index (χ1n) is 5.54. The van der Waals surface area contributed by atoms with Crippen molar-refractivity contribution in [2.45, 2.75) is 13.8 Å². The molecule has 0 aromatic heterocycles. The van der Waals surface area contributed by atoms with Gasteiger partial charge >= 0.3 is 0 Å². The number of rotatable bonds is 6. The van der Waals surface area contributed by atoms with Gasteiger partial charge in [0.2, 0.25) is 0 Å². The molecule has 0 amide bonds. The maximum atomic E-state index is 5.17. The number of benzene rings is 1. The normalized spacial score (nSPS) is 12.2. The Labute approximate surface area is 97.8 Å². The van der Waals surface area contributed by atoms with Crippen molar-refractivity contribution in [1.82, 2.24) is 0 Å². The minimum Gasteiger partial charge on any atom is -0.497 e. The number of aryl methyl sites for hydroxylation is 1. The summed E-state index contributed by atoms with van der Waals surface area (Å²) in [5.41, 5.74) is 2.35. The molecule has 0 spiro atoms. The lowest BCUT2D eigenvalue weighted by Crippen LogP contribution is -2.16. The average Bonchev–Trinajstić information content (AvgIpc) is 2.27. The Morgan fingerprint density at radius 3 is 2.62 bits per heavy atom. The highest BCUT2D eigenvalue weighted by molar-refractivity contribution is 5.53. The number of nitrogens with one attached hydrogen (secondary N) is 1. The average molecular weight is 223 g/mol. The van der Waals surface area contributed by atoms with E-state index in [0.717, 1.165) is 24.6 Å². The summed E-state index contributed by atoms with van der Waals surface area (Å²) in [6.45, 7) is 5.93. The van der Waals surface area contributed by atoms with E-state index in [9.17, 15) is 0 Å². The minimum absolute atomic E-state index is 0.506. The van der Waals surface area contributed by atoms with Gasteiger partial charge in [0.1, 0.15) is 5.75 Å². The summed E-state index contributed by atoms with van der Waals surface area (Å²) in [6.07, 6.45) is 0. The van der Waals surface area contributed by atoms with E-state index in [4.69, 9.17) is 9.47 Å². The second-order valence-corrected chi connectivity index (χ2v) is 4.12. The van der Waals surface area contributed by atoms with Crippen LogP contribution in [0.5, 0.6) is 5.75 Å². The van der Waals surface area contributed by atoms with E-state index in [1.807, 2.05) is 18.2 Å². The summed E-state index contributed by atoms with van der Waals surface area (Å²) in [4.78, 5) is 0. The van der Waals surface area contributed by atoms with E-state index in [2.05, 4.69) is 19.2 Å². The van der Waals surface area contributed by atoms with E-state index < -0.39 is 0 Å². The molecule has 0 heterocycles. The predicted molar refractivity (Wildman–Crippen MR) is 67.3 cm³/mol. The third-order valence-electron chi connectivity index (χ3n) is 2.53. The summed E-state index contributed by atoms with van der Waals surface area (Å²) in [5, 5.41) is 3.41. The molecule has 1 aromatic rings. The van der Waals surface area contributed by atoms with Crippen molar-refractivity contribution in [3.05, 3.63) is 23.8 Å². The molecule has 1 rings (SSSR count). The number of anilines is 1. The molecular formula is C13H21NO2. The number of hydrogen-bond acceptors (Lipinski definition) is 3. The molecule has 3 heteroatoms. The van der Waals surface area contributed by atoms with Gasteiger partial charge in [-0.25, -0.2) is 0 Å². The van der Waals surface area contributed by atoms with Crippen molar-refractivity contribution in [3.8, 4) is 5.75 Å². The van der Waals surface area contributed by atoms with Gasteiger partial charge in [-0.15, -0.1) is 0 Å². The quantitative estimate of drug-likeness (QED) is 0.804. The van der Waals surface area contributed by atoms with Crippen LogP contribution in [0.2, 0.25) is 0 Å². The Kier molecular flexibility index (Phi) is 5.12. The lowest BCUT2D eigenvalue weighted by atomic mass is 10.1. The second-order valence-electron chi connectivity index (χ2n) is 4.12. The van der Waals surface area contributed by atoms with E-state index >= 15 is 0 Å². The number of methoxy groups -OCH3 is 2. The molecule has 1 unspecified atom stereocenters. The molecule has 3 nitrogen and oxygen atoms in total. The van der Waals surface area contributed by atoms with Crippen LogP contribution in [-0.2, 0) is 4.74 Å². The Morgan fingerprint density at radius 2 is 2.06 bits per heavy atom. The largest absolute Gasteiger partial charge is 0.497 e. The zero-order valence-corrected chi connectivity index (χ0v) is 10.5. The molecule has 0 radical (unpaired) electrons. The Balaban J connectivity index is 2.54. The van der Waals surface area contributed by atoms with Crippen LogP contribution in [0.1, 0.15) is 12.5 Å². The third kappa shape index (κ3) is 3.74. The van der Waals surface area contributed by atoms with Gasteiger partial charge < -0.3 is 14.8 Å². The van der Waals surface area contributed by atoms with Gasteiger partial charge in [0, 0.05) is 19.3 Å². The number of ether oxygens (including phenoxy) is 2. The maximum Gasteiger partial charge on any atom is 0.119 e. The summed E-state index contributed by atoms with van der Waals surface area (Å²) >= 11 is 0. The van der Waals surface area contributed by atoms with Gasteiger partial charge in [0.15, 0.2) is 0 Å². The van der Waals surface area contributed by atoms with Gasteiger partial charge in [0.05, 0.1) is 13.7 Å². The van der Waals surface area contributed by atoms with Crippen molar-refractivity contribution >= 4 is 5.69 Å². The minimum atomic E-state index is 0.506. The SMILES string of the molecule is COCC(C)CNc1ccc(OC)cc1C. The first-order valence-corrected chi connectivity index (χ1v) is 5.54. The summed E-state index contributed by atoms with van der Waals surface area (Å²) in [7, 11) is 3.41. The highest BCUT2D eigenvalue weighted by Gasteiger charge is 2.03. The molecule has 1 aromatic carbocycles. The fraction of sp³-hybridized carbons (Fsp3) is 0.538. The van der Waals surface area contributed by atoms with Crippen LogP contribution in [0.3, 0.4) is 0 Å². The van der Waals surface area contributed by atoms with Gasteiger partial charge in [0.25, 0.3) is 0 Å². The highest BCUT2D eigenvalue weighted by Crippen LogP contribution is 2.21. The van der Waals surface area contributed by atoms with Crippen molar-refractivity contribution in [2.75, 3.05) is 32.7 Å². The Hall–Kier alpha value is -1.22. The molecule has 1 atom stereocenters. The van der Waals surface area contributed by atoms with Crippen molar-refractivity contribution < 1.29 is 9.47 Å². The first kappa shape index (κ1) is 12.8. The van der Waals surface area contributed by atoms with E-state index in [0.29, 0.717) is 5.92 Å². The van der Waals surface area contributed by atoms with Crippen LogP contribution in [-0.4, -0.2) is 27.4 Å². The van der Waals surface area contributed by atoms with Crippen LogP contribution in [0.25, 0.3) is 0 Å². The summed E-state index contributed by atoms with van der Waals surface area (Å²) in [5.74, 6) is 1.40. The van der Waals surface area contributed by atoms with E-state index in [1.165, 1.54) is 5.56 Å². The van der Waals surface area contributed by atoms with Crippen molar-refractivity contribution in [1.29, 1.82) is 0 Å². The zero-order chi connectivity index (χ0) is 12.0. The Bertz CT molecular complexity index is 326. The molecule has 0 fully saturated rings. The molecule has 16 heavy (non-hydrogen) atoms. The summed E-state index contributed by atoms with van der Waals surface area (Å²) < 4.78 is 10.3. The fourth-order valence-corrected chi connectivity index (χ4v) is 1.59. The first-order chi connectivity index (χ1) is 7.67. The third-order valence-corrected chi connectivity index (χ3v) is 2.53. The monoisotopic (exact) mass is 223 g/mol. The standard InChI is InChI=1S/C13H21NO2/c1-10(9-15-3)8-14-13-6-5-12(16-4)7-11(13)2/h5-7,10,14H,8-9H2,1-4H3. The lowest BCUT2D eigenvalue weighted by molar-refractivity contribution is 0.164. The lowest BCUT2D eigenvalue weighted by Gasteiger charge is -2.14. The molecule has 0 bridgehead atoms. The molecule has 0 aliphatic rings.